The van der Waals surface area contributed by atoms with Crippen LogP contribution in [-0.2, 0) is 9.59 Å². The van der Waals surface area contributed by atoms with Crippen molar-refractivity contribution in [3.63, 3.8) is 0 Å². The number of imide groups is 1. The maximum Gasteiger partial charge on any atom is 0.325 e. The van der Waals surface area contributed by atoms with Gasteiger partial charge in [-0.05, 0) is 43.9 Å². The third-order valence-corrected chi connectivity index (χ3v) is 5.63. The molecule has 7 nitrogen and oxygen atoms in total. The van der Waals surface area contributed by atoms with Crippen molar-refractivity contribution in [2.45, 2.75) is 39.2 Å². The summed E-state index contributed by atoms with van der Waals surface area (Å²) in [4.78, 5) is 42.5. The lowest BCUT2D eigenvalue weighted by atomic mass is 9.92. The number of benzene rings is 1. The van der Waals surface area contributed by atoms with E-state index in [1.165, 1.54) is 11.3 Å². The van der Waals surface area contributed by atoms with E-state index in [1.54, 1.807) is 25.1 Å². The van der Waals surface area contributed by atoms with Gasteiger partial charge in [-0.25, -0.2) is 9.78 Å². The third kappa shape index (κ3) is 4.22. The monoisotopic (exact) mass is 408 g/mol. The minimum atomic E-state index is -0.964. The van der Waals surface area contributed by atoms with Crippen LogP contribution < -0.4 is 10.6 Å². The number of carbonyl (C=O) groups is 3. The molecule has 0 saturated carbocycles. The van der Waals surface area contributed by atoms with Crippen LogP contribution in [0.4, 0.5) is 9.93 Å². The van der Waals surface area contributed by atoms with Gasteiger partial charge >= 0.3 is 6.03 Å². The van der Waals surface area contributed by atoms with Crippen LogP contribution in [0.1, 0.15) is 33.6 Å². The first-order valence-corrected chi connectivity index (χ1v) is 9.87. The molecular weight excluding hydrogens is 388 g/mol. The predicted molar refractivity (Wildman–Crippen MR) is 106 cm³/mol. The Bertz CT molecular complexity index is 913. The Morgan fingerprint density at radius 1 is 1.41 bits per heavy atom. The van der Waals surface area contributed by atoms with Crippen LogP contribution in [0.25, 0.3) is 10.2 Å². The molecule has 2 heterocycles. The lowest BCUT2D eigenvalue weighted by Gasteiger charge is -2.22. The van der Waals surface area contributed by atoms with Crippen molar-refractivity contribution < 1.29 is 14.4 Å². The van der Waals surface area contributed by atoms with E-state index < -0.39 is 17.5 Å². The fourth-order valence-electron chi connectivity index (χ4n) is 2.89. The fraction of sp³-hybridized carbons (Fsp3) is 0.444. The molecular formula is C18H21ClN4O3S. The largest absolute Gasteiger partial charge is 0.325 e. The highest BCUT2D eigenvalue weighted by atomic mass is 35.5. The van der Waals surface area contributed by atoms with E-state index in [-0.39, 0.29) is 12.5 Å². The molecule has 0 aliphatic carbocycles. The second kappa shape index (κ2) is 7.44. The van der Waals surface area contributed by atoms with E-state index in [0.29, 0.717) is 22.5 Å². The quantitative estimate of drug-likeness (QED) is 0.714. The first-order chi connectivity index (χ1) is 12.7. The van der Waals surface area contributed by atoms with Gasteiger partial charge in [0.05, 0.1) is 10.2 Å². The summed E-state index contributed by atoms with van der Waals surface area (Å²) in [6, 6.07) is 4.71. The molecule has 1 aliphatic rings. The number of anilines is 1. The Morgan fingerprint density at radius 3 is 2.85 bits per heavy atom. The van der Waals surface area contributed by atoms with Gasteiger partial charge in [-0.3, -0.25) is 14.5 Å². The average molecular weight is 409 g/mol. The van der Waals surface area contributed by atoms with Gasteiger partial charge in [0.15, 0.2) is 5.13 Å². The molecule has 27 heavy (non-hydrogen) atoms. The van der Waals surface area contributed by atoms with Gasteiger partial charge < -0.3 is 10.6 Å². The molecule has 144 valence electrons. The molecule has 1 aliphatic heterocycles. The molecule has 0 spiro atoms. The molecule has 2 N–H and O–H groups in total. The smallest absolute Gasteiger partial charge is 0.323 e. The number of hydrogen-bond acceptors (Lipinski definition) is 5. The molecule has 0 unspecified atom stereocenters. The van der Waals surface area contributed by atoms with Crippen molar-refractivity contribution in [1.82, 2.24) is 15.2 Å². The number of rotatable bonds is 6. The summed E-state index contributed by atoms with van der Waals surface area (Å²) in [6.07, 6.45) is 1.34. The molecule has 1 fully saturated rings. The van der Waals surface area contributed by atoms with E-state index in [0.717, 1.165) is 21.5 Å². The van der Waals surface area contributed by atoms with Crippen molar-refractivity contribution in [2.24, 2.45) is 5.92 Å². The molecule has 1 atom stereocenters. The van der Waals surface area contributed by atoms with Crippen molar-refractivity contribution in [3.8, 4) is 0 Å². The van der Waals surface area contributed by atoms with Crippen molar-refractivity contribution in [3.05, 3.63) is 23.2 Å². The van der Waals surface area contributed by atoms with Gasteiger partial charge in [-0.1, -0.05) is 36.8 Å². The number of urea groups is 1. The summed E-state index contributed by atoms with van der Waals surface area (Å²) in [5.41, 5.74) is -0.246. The van der Waals surface area contributed by atoms with Gasteiger partial charge in [0.1, 0.15) is 12.1 Å². The number of fused-ring (bicyclic) bond motifs is 1. The zero-order chi connectivity index (χ0) is 19.8. The van der Waals surface area contributed by atoms with Gasteiger partial charge in [-0.2, -0.15) is 0 Å². The summed E-state index contributed by atoms with van der Waals surface area (Å²) < 4.78 is 0.842. The maximum absolute atomic E-state index is 12.7. The van der Waals surface area contributed by atoms with Crippen LogP contribution in [0.3, 0.4) is 0 Å². The highest BCUT2D eigenvalue weighted by molar-refractivity contribution is 7.22. The van der Waals surface area contributed by atoms with Crippen LogP contribution >= 0.6 is 22.9 Å². The highest BCUT2D eigenvalue weighted by Crippen LogP contribution is 2.29. The summed E-state index contributed by atoms with van der Waals surface area (Å²) in [5, 5.41) is 6.34. The van der Waals surface area contributed by atoms with Crippen LogP contribution in [0.15, 0.2) is 18.2 Å². The molecule has 0 bridgehead atoms. The zero-order valence-corrected chi connectivity index (χ0v) is 16.9. The SMILES string of the molecule is CC(C)CC[C@]1(C)NC(=O)N(CC(=O)Nc2nc3ccc(Cl)cc3s2)C1=O. The number of aromatic nitrogens is 1. The second-order valence-electron chi connectivity index (χ2n) is 7.27. The van der Waals surface area contributed by atoms with Crippen LogP contribution in [0.2, 0.25) is 5.02 Å². The number of thiazole rings is 1. The van der Waals surface area contributed by atoms with Gasteiger partial charge in [0.25, 0.3) is 5.91 Å². The zero-order valence-electron chi connectivity index (χ0n) is 15.3. The average Bonchev–Trinajstić information content (AvgIpc) is 3.06. The number of halogens is 1. The molecule has 1 aromatic carbocycles. The standard InChI is InChI=1S/C18H21ClN4O3S/c1-10(2)6-7-18(3)15(25)23(17(26)22-18)9-14(24)21-16-20-12-5-4-11(19)8-13(12)27-16/h4-5,8,10H,6-7,9H2,1-3H3,(H,22,26)(H,20,21,24)/t18-/m0/s1. The number of hydrogen-bond donors (Lipinski definition) is 2. The van der Waals surface area contributed by atoms with E-state index in [2.05, 4.69) is 29.5 Å². The Labute approximate surface area is 166 Å². The first-order valence-electron chi connectivity index (χ1n) is 8.68. The number of nitrogens with zero attached hydrogens (tertiary/aromatic N) is 2. The van der Waals surface area contributed by atoms with E-state index >= 15 is 0 Å². The summed E-state index contributed by atoms with van der Waals surface area (Å²) in [5.74, 6) is -0.437. The van der Waals surface area contributed by atoms with E-state index in [9.17, 15) is 14.4 Å². The van der Waals surface area contributed by atoms with Gasteiger partial charge in [0.2, 0.25) is 5.91 Å². The number of nitrogens with one attached hydrogen (secondary N) is 2. The maximum atomic E-state index is 12.7. The fourth-order valence-corrected chi connectivity index (χ4v) is 4.05. The van der Waals surface area contributed by atoms with Crippen LogP contribution in [0, 0.1) is 5.92 Å². The van der Waals surface area contributed by atoms with Crippen molar-refractivity contribution >= 4 is 56.1 Å². The summed E-state index contributed by atoms with van der Waals surface area (Å²) >= 11 is 7.23. The number of amides is 4. The molecule has 9 heteroatoms. The summed E-state index contributed by atoms with van der Waals surface area (Å²) in [6.45, 7) is 5.46. The highest BCUT2D eigenvalue weighted by Gasteiger charge is 2.47. The molecule has 4 amide bonds. The minimum Gasteiger partial charge on any atom is -0.323 e. The summed E-state index contributed by atoms with van der Waals surface area (Å²) in [7, 11) is 0. The molecule has 1 saturated heterocycles. The Hall–Kier alpha value is -2.19. The van der Waals surface area contributed by atoms with Crippen LogP contribution in [0.5, 0.6) is 0 Å². The second-order valence-corrected chi connectivity index (χ2v) is 8.73. The van der Waals surface area contributed by atoms with Crippen molar-refractivity contribution in [2.75, 3.05) is 11.9 Å². The van der Waals surface area contributed by atoms with Gasteiger partial charge in [-0.15, -0.1) is 0 Å². The Balaban J connectivity index is 1.66. The van der Waals surface area contributed by atoms with Gasteiger partial charge in [0, 0.05) is 5.02 Å². The Kier molecular flexibility index (Phi) is 5.39. The van der Waals surface area contributed by atoms with E-state index in [4.69, 9.17) is 11.6 Å². The minimum absolute atomic E-state index is 0.349. The van der Waals surface area contributed by atoms with Crippen LogP contribution in [-0.4, -0.2) is 39.8 Å². The third-order valence-electron chi connectivity index (χ3n) is 4.47. The van der Waals surface area contributed by atoms with Crippen molar-refractivity contribution in [1.29, 1.82) is 0 Å². The Morgan fingerprint density at radius 2 is 2.15 bits per heavy atom. The normalized spacial score (nSPS) is 19.8. The number of carbonyl (C=O) groups excluding carboxylic acids is 3. The topological polar surface area (TPSA) is 91.4 Å². The molecule has 3 rings (SSSR count). The predicted octanol–water partition coefficient (Wildman–Crippen LogP) is 3.63. The molecule has 2 aromatic rings. The lowest BCUT2D eigenvalue weighted by molar-refractivity contribution is -0.133. The molecule has 1 aromatic heterocycles. The lowest BCUT2D eigenvalue weighted by Crippen LogP contribution is -2.44. The van der Waals surface area contributed by atoms with E-state index in [1.807, 2.05) is 0 Å². The first kappa shape index (κ1) is 19.6. The molecule has 0 radical (unpaired) electrons.